The number of hydrogen-bond donors (Lipinski definition) is 2. The number of fused-ring (bicyclic) bond motifs is 1. The van der Waals surface area contributed by atoms with Gasteiger partial charge in [-0.15, -0.1) is 0 Å². The number of carbonyl (C=O) groups is 1. The zero-order valence-corrected chi connectivity index (χ0v) is 12.2. The van der Waals surface area contributed by atoms with Crippen molar-refractivity contribution in [2.24, 2.45) is 0 Å². The Morgan fingerprint density at radius 3 is 2.91 bits per heavy atom. The Bertz CT molecular complexity index is 838. The lowest BCUT2D eigenvalue weighted by Gasteiger charge is -2.11. The normalized spacial score (nSPS) is 10.6. The second kappa shape index (κ2) is 5.85. The number of benzene rings is 2. The molecule has 0 aliphatic heterocycles. The first-order chi connectivity index (χ1) is 10.6. The number of aryl methyl sites for hydroxylation is 1. The van der Waals surface area contributed by atoms with Crippen LogP contribution in [-0.4, -0.2) is 16.1 Å². The lowest BCUT2D eigenvalue weighted by molar-refractivity contribution is 0.0696. The summed E-state index contributed by atoms with van der Waals surface area (Å²) in [7, 11) is 0. The molecule has 0 aliphatic rings. The highest BCUT2D eigenvalue weighted by molar-refractivity contribution is 5.90. The monoisotopic (exact) mass is 292 g/mol. The largest absolute Gasteiger partial charge is 0.478 e. The average molecular weight is 292 g/mol. The van der Waals surface area contributed by atoms with Crippen LogP contribution in [0.15, 0.2) is 54.9 Å². The molecule has 0 fully saturated rings. The average Bonchev–Trinajstić information content (AvgIpc) is 2.53. The Balaban J connectivity index is 1.85. The first kappa shape index (κ1) is 14.1. The fourth-order valence-corrected chi connectivity index (χ4v) is 2.50. The number of rotatable bonds is 4. The summed E-state index contributed by atoms with van der Waals surface area (Å²) in [5, 5.41) is 14.7. The molecule has 110 valence electrons. The van der Waals surface area contributed by atoms with Gasteiger partial charge in [-0.2, -0.15) is 0 Å². The lowest BCUT2D eigenvalue weighted by Crippen LogP contribution is -2.04. The van der Waals surface area contributed by atoms with Crippen LogP contribution in [0.2, 0.25) is 0 Å². The molecule has 0 saturated carbocycles. The van der Waals surface area contributed by atoms with E-state index in [4.69, 9.17) is 0 Å². The molecule has 1 aromatic heterocycles. The molecule has 0 amide bonds. The summed E-state index contributed by atoms with van der Waals surface area (Å²) in [6, 6.07) is 13.5. The first-order valence-corrected chi connectivity index (χ1v) is 7.04. The number of aromatic nitrogens is 1. The highest BCUT2D eigenvalue weighted by Crippen LogP contribution is 2.20. The van der Waals surface area contributed by atoms with Gasteiger partial charge in [0.05, 0.1) is 5.56 Å². The van der Waals surface area contributed by atoms with Crippen molar-refractivity contribution in [2.75, 3.05) is 5.32 Å². The molecule has 2 aromatic carbocycles. The van der Waals surface area contributed by atoms with E-state index in [0.29, 0.717) is 12.1 Å². The molecule has 4 nitrogen and oxygen atoms in total. The van der Waals surface area contributed by atoms with Crippen LogP contribution >= 0.6 is 0 Å². The second-order valence-electron chi connectivity index (χ2n) is 5.20. The summed E-state index contributed by atoms with van der Waals surface area (Å²) < 4.78 is 0. The molecule has 0 radical (unpaired) electrons. The minimum atomic E-state index is -0.905. The van der Waals surface area contributed by atoms with Gasteiger partial charge in [0, 0.05) is 30.0 Å². The molecule has 4 heteroatoms. The second-order valence-corrected chi connectivity index (χ2v) is 5.20. The predicted molar refractivity (Wildman–Crippen MR) is 87.2 cm³/mol. The van der Waals surface area contributed by atoms with Gasteiger partial charge in [-0.25, -0.2) is 4.79 Å². The number of nitrogens with zero attached hydrogens (tertiary/aromatic N) is 1. The number of pyridine rings is 1. The minimum absolute atomic E-state index is 0.326. The minimum Gasteiger partial charge on any atom is -0.478 e. The molecule has 0 spiro atoms. The van der Waals surface area contributed by atoms with E-state index in [1.54, 1.807) is 19.2 Å². The summed E-state index contributed by atoms with van der Waals surface area (Å²) in [6.45, 7) is 2.43. The van der Waals surface area contributed by atoms with Gasteiger partial charge in [-0.05, 0) is 41.6 Å². The molecular formula is C18H16N2O2. The fourth-order valence-electron chi connectivity index (χ4n) is 2.50. The van der Waals surface area contributed by atoms with Gasteiger partial charge in [0.2, 0.25) is 0 Å². The van der Waals surface area contributed by atoms with E-state index in [1.165, 1.54) is 0 Å². The quantitative estimate of drug-likeness (QED) is 0.766. The van der Waals surface area contributed by atoms with E-state index in [0.717, 1.165) is 27.6 Å². The Morgan fingerprint density at radius 1 is 1.23 bits per heavy atom. The molecule has 0 aliphatic carbocycles. The fraction of sp³-hybridized carbons (Fsp3) is 0.111. The SMILES string of the molecule is Cc1ccc(NCc2cccc3cnccc23)cc1C(=O)O. The highest BCUT2D eigenvalue weighted by atomic mass is 16.4. The molecule has 1 heterocycles. The summed E-state index contributed by atoms with van der Waals surface area (Å²) in [6.07, 6.45) is 3.62. The molecule has 22 heavy (non-hydrogen) atoms. The first-order valence-electron chi connectivity index (χ1n) is 7.04. The van der Waals surface area contributed by atoms with Crippen molar-refractivity contribution in [2.45, 2.75) is 13.5 Å². The zero-order valence-electron chi connectivity index (χ0n) is 12.2. The number of nitrogens with one attached hydrogen (secondary N) is 1. The van der Waals surface area contributed by atoms with Crippen molar-refractivity contribution in [3.63, 3.8) is 0 Å². The van der Waals surface area contributed by atoms with E-state index in [9.17, 15) is 9.90 Å². The molecular weight excluding hydrogens is 276 g/mol. The van der Waals surface area contributed by atoms with Crippen LogP contribution in [0.3, 0.4) is 0 Å². The summed E-state index contributed by atoms with van der Waals surface area (Å²) in [5.74, 6) is -0.905. The van der Waals surface area contributed by atoms with Crippen LogP contribution in [0, 0.1) is 6.92 Å². The van der Waals surface area contributed by atoms with Crippen molar-refractivity contribution >= 4 is 22.4 Å². The van der Waals surface area contributed by atoms with Crippen LogP contribution < -0.4 is 5.32 Å². The molecule has 0 saturated heterocycles. The molecule has 3 aromatic rings. The van der Waals surface area contributed by atoms with Crippen LogP contribution in [0.1, 0.15) is 21.5 Å². The molecule has 3 rings (SSSR count). The highest BCUT2D eigenvalue weighted by Gasteiger charge is 2.08. The van der Waals surface area contributed by atoms with E-state index in [-0.39, 0.29) is 0 Å². The van der Waals surface area contributed by atoms with Gasteiger partial charge in [0.1, 0.15) is 0 Å². The van der Waals surface area contributed by atoms with E-state index < -0.39 is 5.97 Å². The van der Waals surface area contributed by atoms with Crippen molar-refractivity contribution in [3.05, 3.63) is 71.5 Å². The number of hydrogen-bond acceptors (Lipinski definition) is 3. The maximum Gasteiger partial charge on any atom is 0.336 e. The standard InChI is InChI=1S/C18H16N2O2/c1-12-5-6-15(9-17(12)18(21)22)20-11-14-4-2-3-13-10-19-8-7-16(13)14/h2-10,20H,11H2,1H3,(H,21,22). The van der Waals surface area contributed by atoms with E-state index >= 15 is 0 Å². The summed E-state index contributed by atoms with van der Waals surface area (Å²) >= 11 is 0. The van der Waals surface area contributed by atoms with Crippen LogP contribution in [0.4, 0.5) is 5.69 Å². The Labute approximate surface area is 128 Å². The molecule has 2 N–H and O–H groups in total. The van der Waals surface area contributed by atoms with Crippen molar-refractivity contribution in [1.82, 2.24) is 4.98 Å². The van der Waals surface area contributed by atoms with Crippen LogP contribution in [0.25, 0.3) is 10.8 Å². The van der Waals surface area contributed by atoms with Crippen LogP contribution in [0.5, 0.6) is 0 Å². The smallest absolute Gasteiger partial charge is 0.336 e. The van der Waals surface area contributed by atoms with Gasteiger partial charge in [-0.1, -0.05) is 24.3 Å². The molecule has 0 atom stereocenters. The third-order valence-corrected chi connectivity index (χ3v) is 3.72. The molecule has 0 unspecified atom stereocenters. The van der Waals surface area contributed by atoms with Gasteiger partial charge >= 0.3 is 5.97 Å². The van der Waals surface area contributed by atoms with E-state index in [2.05, 4.69) is 16.4 Å². The van der Waals surface area contributed by atoms with Gasteiger partial charge in [0.25, 0.3) is 0 Å². The number of anilines is 1. The Kier molecular flexibility index (Phi) is 3.74. The summed E-state index contributed by atoms with van der Waals surface area (Å²) in [5.41, 5.74) is 3.04. The predicted octanol–water partition coefficient (Wildman–Crippen LogP) is 3.85. The Hall–Kier alpha value is -2.88. The topological polar surface area (TPSA) is 62.2 Å². The van der Waals surface area contributed by atoms with Gasteiger partial charge in [-0.3, -0.25) is 4.98 Å². The van der Waals surface area contributed by atoms with Crippen molar-refractivity contribution in [1.29, 1.82) is 0 Å². The van der Waals surface area contributed by atoms with E-state index in [1.807, 2.05) is 36.5 Å². The number of carboxylic acids is 1. The van der Waals surface area contributed by atoms with Gasteiger partial charge < -0.3 is 10.4 Å². The molecule has 0 bridgehead atoms. The third kappa shape index (κ3) is 2.76. The third-order valence-electron chi connectivity index (χ3n) is 3.72. The maximum absolute atomic E-state index is 11.2. The van der Waals surface area contributed by atoms with Crippen molar-refractivity contribution < 1.29 is 9.90 Å². The lowest BCUT2D eigenvalue weighted by atomic mass is 10.1. The number of carboxylic acid groups (broad SMARTS) is 1. The van der Waals surface area contributed by atoms with Gasteiger partial charge in [0.15, 0.2) is 0 Å². The number of aromatic carboxylic acids is 1. The summed E-state index contributed by atoms with van der Waals surface area (Å²) in [4.78, 5) is 15.3. The van der Waals surface area contributed by atoms with Crippen molar-refractivity contribution in [3.8, 4) is 0 Å². The van der Waals surface area contributed by atoms with Crippen LogP contribution in [-0.2, 0) is 6.54 Å². The maximum atomic E-state index is 11.2. The zero-order chi connectivity index (χ0) is 15.5. The Morgan fingerprint density at radius 2 is 2.09 bits per heavy atom.